The topological polar surface area (TPSA) is 9.23 Å². The maximum absolute atomic E-state index is 5.49. The van der Waals surface area contributed by atoms with Gasteiger partial charge in [0.15, 0.2) is 0 Å². The van der Waals surface area contributed by atoms with Crippen molar-refractivity contribution >= 4 is 7.85 Å². The van der Waals surface area contributed by atoms with Gasteiger partial charge in [-0.1, -0.05) is 18.7 Å². The molecule has 0 aromatic heterocycles. The molecule has 0 amide bonds. The fraction of sp³-hybridized carbons (Fsp3) is 1.00. The largest absolute Gasteiger partial charge is 0.379 e. The zero-order chi connectivity index (χ0) is 7.56. The van der Waals surface area contributed by atoms with Crippen molar-refractivity contribution in [1.29, 1.82) is 0 Å². The van der Waals surface area contributed by atoms with Gasteiger partial charge < -0.3 is 4.74 Å². The Bertz CT molecular complexity index is 97.4. The highest BCUT2D eigenvalue weighted by Gasteiger charge is 2.25. The van der Waals surface area contributed by atoms with E-state index in [4.69, 9.17) is 4.74 Å². The van der Waals surface area contributed by atoms with E-state index in [1.165, 1.54) is 12.8 Å². The van der Waals surface area contributed by atoms with E-state index in [-0.39, 0.29) is 0 Å². The first-order chi connectivity index (χ1) is 4.68. The molecule has 58 valence electrons. The highest BCUT2D eigenvalue weighted by molar-refractivity contribution is 6.12. The van der Waals surface area contributed by atoms with Crippen LogP contribution < -0.4 is 0 Å². The second-order valence-electron chi connectivity index (χ2n) is 3.82. The molecular formula is C8H17BO. The van der Waals surface area contributed by atoms with Gasteiger partial charge in [0.25, 0.3) is 0 Å². The Morgan fingerprint density at radius 1 is 1.50 bits per heavy atom. The van der Waals surface area contributed by atoms with Gasteiger partial charge in [0.2, 0.25) is 0 Å². The number of rotatable bonds is 3. The summed E-state index contributed by atoms with van der Waals surface area (Å²) in [5.41, 5.74) is 0. The molecule has 0 N–H and O–H groups in total. The predicted molar refractivity (Wildman–Crippen MR) is 46.1 cm³/mol. The molecule has 0 bridgehead atoms. The van der Waals surface area contributed by atoms with Gasteiger partial charge >= 0.3 is 0 Å². The summed E-state index contributed by atoms with van der Waals surface area (Å²) in [7, 11) is 2.31. The van der Waals surface area contributed by atoms with E-state index in [0.29, 0.717) is 6.10 Å². The third-order valence-corrected chi connectivity index (χ3v) is 2.14. The normalized spacial score (nSPS) is 32.3. The molecular weight excluding hydrogens is 123 g/mol. The summed E-state index contributed by atoms with van der Waals surface area (Å²) >= 11 is 0. The van der Waals surface area contributed by atoms with E-state index in [1.54, 1.807) is 0 Å². The summed E-state index contributed by atoms with van der Waals surface area (Å²) < 4.78 is 5.49. The van der Waals surface area contributed by atoms with Crippen molar-refractivity contribution in [2.75, 3.05) is 6.61 Å². The molecule has 1 aliphatic rings. The molecule has 0 radical (unpaired) electrons. The zero-order valence-corrected chi connectivity index (χ0v) is 7.26. The molecule has 1 aliphatic carbocycles. The monoisotopic (exact) mass is 140 g/mol. The van der Waals surface area contributed by atoms with E-state index in [1.807, 2.05) is 0 Å². The summed E-state index contributed by atoms with van der Waals surface area (Å²) in [5.74, 6) is 1.83. The highest BCUT2D eigenvalue weighted by Crippen LogP contribution is 2.36. The highest BCUT2D eigenvalue weighted by atomic mass is 16.5. The lowest BCUT2D eigenvalue weighted by Gasteiger charge is -2.32. The lowest BCUT2D eigenvalue weighted by atomic mass is 9.64. The first-order valence-electron chi connectivity index (χ1n) is 4.30. The Hall–Kier alpha value is 0.0249. The van der Waals surface area contributed by atoms with Crippen molar-refractivity contribution in [3.05, 3.63) is 0 Å². The van der Waals surface area contributed by atoms with Crippen LogP contribution in [0.15, 0.2) is 0 Å². The average Bonchev–Trinajstić information content (AvgIpc) is 1.77. The van der Waals surface area contributed by atoms with E-state index in [9.17, 15) is 0 Å². The van der Waals surface area contributed by atoms with E-state index < -0.39 is 0 Å². The van der Waals surface area contributed by atoms with Crippen LogP contribution in [0.1, 0.15) is 26.7 Å². The number of hydrogen-bond donors (Lipinski definition) is 0. The quantitative estimate of drug-likeness (QED) is 0.536. The molecule has 1 rings (SSSR count). The fourth-order valence-corrected chi connectivity index (χ4v) is 1.53. The smallest absolute Gasteiger partial charge is 0.105 e. The third kappa shape index (κ3) is 2.33. The predicted octanol–water partition coefficient (Wildman–Crippen LogP) is 1.24. The molecule has 0 atom stereocenters. The summed E-state index contributed by atoms with van der Waals surface area (Å²) in [6.07, 6.45) is 3.18. The van der Waals surface area contributed by atoms with E-state index in [2.05, 4.69) is 21.7 Å². The van der Waals surface area contributed by atoms with Crippen molar-refractivity contribution in [1.82, 2.24) is 0 Å². The van der Waals surface area contributed by atoms with E-state index in [0.717, 1.165) is 18.3 Å². The Kier molecular flexibility index (Phi) is 2.78. The van der Waals surface area contributed by atoms with Crippen LogP contribution >= 0.6 is 0 Å². The van der Waals surface area contributed by atoms with Crippen molar-refractivity contribution in [3.8, 4) is 0 Å². The van der Waals surface area contributed by atoms with Gasteiger partial charge in [-0.2, -0.15) is 0 Å². The van der Waals surface area contributed by atoms with Gasteiger partial charge in [0, 0.05) is 6.61 Å². The summed E-state index contributed by atoms with van der Waals surface area (Å²) in [6, 6.07) is 0. The van der Waals surface area contributed by atoms with Crippen molar-refractivity contribution < 1.29 is 4.74 Å². The molecule has 1 fully saturated rings. The standard InChI is InChI=1S/C8H17BO/c1-6(2)10-5-7-3-8(9)4-7/h6-8H,3-5,9H2,1-2H3. The zero-order valence-electron chi connectivity index (χ0n) is 7.26. The molecule has 1 saturated carbocycles. The van der Waals surface area contributed by atoms with Gasteiger partial charge in [-0.15, -0.1) is 0 Å². The van der Waals surface area contributed by atoms with Crippen LogP contribution in [0, 0.1) is 5.92 Å². The van der Waals surface area contributed by atoms with Gasteiger partial charge in [0.1, 0.15) is 7.85 Å². The first kappa shape index (κ1) is 8.12. The second kappa shape index (κ2) is 3.43. The molecule has 0 aliphatic heterocycles. The lowest BCUT2D eigenvalue weighted by Crippen LogP contribution is -2.25. The molecule has 10 heavy (non-hydrogen) atoms. The van der Waals surface area contributed by atoms with Gasteiger partial charge in [-0.3, -0.25) is 0 Å². The molecule has 0 saturated heterocycles. The van der Waals surface area contributed by atoms with Crippen LogP contribution in [-0.2, 0) is 4.74 Å². The average molecular weight is 140 g/mol. The van der Waals surface area contributed by atoms with Gasteiger partial charge in [0.05, 0.1) is 6.10 Å². The van der Waals surface area contributed by atoms with E-state index >= 15 is 0 Å². The fourth-order valence-electron chi connectivity index (χ4n) is 1.53. The number of hydrogen-bond acceptors (Lipinski definition) is 1. The van der Waals surface area contributed by atoms with Crippen LogP contribution in [0.25, 0.3) is 0 Å². The molecule has 0 aromatic carbocycles. The van der Waals surface area contributed by atoms with Crippen LogP contribution in [0.2, 0.25) is 5.82 Å². The molecule has 1 nitrogen and oxygen atoms in total. The minimum atomic E-state index is 0.413. The van der Waals surface area contributed by atoms with Crippen molar-refractivity contribution in [2.45, 2.75) is 38.6 Å². The first-order valence-corrected chi connectivity index (χ1v) is 4.30. The third-order valence-electron chi connectivity index (χ3n) is 2.14. The maximum Gasteiger partial charge on any atom is 0.105 e. The molecule has 0 aromatic rings. The van der Waals surface area contributed by atoms with Crippen LogP contribution in [-0.4, -0.2) is 20.6 Å². The Morgan fingerprint density at radius 2 is 2.10 bits per heavy atom. The van der Waals surface area contributed by atoms with Crippen LogP contribution in [0.4, 0.5) is 0 Å². The molecule has 2 heteroatoms. The Morgan fingerprint density at radius 3 is 2.50 bits per heavy atom. The van der Waals surface area contributed by atoms with Crippen LogP contribution in [0.3, 0.4) is 0 Å². The molecule has 0 unspecified atom stereocenters. The Labute approximate surface area is 64.6 Å². The number of ether oxygens (including phenoxy) is 1. The minimum Gasteiger partial charge on any atom is -0.379 e. The van der Waals surface area contributed by atoms with Crippen LogP contribution in [0.5, 0.6) is 0 Å². The summed E-state index contributed by atoms with van der Waals surface area (Å²) in [4.78, 5) is 0. The van der Waals surface area contributed by atoms with Gasteiger partial charge in [-0.05, 0) is 19.8 Å². The second-order valence-corrected chi connectivity index (χ2v) is 3.82. The summed E-state index contributed by atoms with van der Waals surface area (Å²) in [6.45, 7) is 5.19. The Balaban J connectivity index is 1.95. The SMILES string of the molecule is BC1CC(COC(C)C)C1. The van der Waals surface area contributed by atoms with Crippen molar-refractivity contribution in [2.24, 2.45) is 5.92 Å². The maximum atomic E-state index is 5.49. The molecule has 0 heterocycles. The van der Waals surface area contributed by atoms with Crippen molar-refractivity contribution in [3.63, 3.8) is 0 Å². The minimum absolute atomic E-state index is 0.413. The van der Waals surface area contributed by atoms with Gasteiger partial charge in [-0.25, -0.2) is 0 Å². The lowest BCUT2D eigenvalue weighted by molar-refractivity contribution is 0.0301. The molecule has 0 spiro atoms. The summed E-state index contributed by atoms with van der Waals surface area (Å²) in [5, 5.41) is 0.